The number of rotatable bonds is 26. The van der Waals surface area contributed by atoms with Crippen molar-refractivity contribution in [3.8, 4) is 11.5 Å². The molecule has 1 aromatic carbocycles. The molecular weight excluding hydrogens is 771 g/mol. The second-order valence-electron chi connectivity index (χ2n) is 12.1. The van der Waals surface area contributed by atoms with Crippen LogP contribution in [0.15, 0.2) is 18.2 Å². The maximum atomic E-state index is 14.1. The molecule has 2 nitrogen and oxygen atoms in total. The van der Waals surface area contributed by atoms with Gasteiger partial charge in [0, 0.05) is 6.42 Å². The third-order valence-corrected chi connectivity index (χ3v) is 9.16. The largest absolute Gasteiger partial charge is 0.493 e. The molecule has 0 aliphatic heterocycles. The molecule has 0 heterocycles. The van der Waals surface area contributed by atoms with E-state index in [1.165, 1.54) is 45.6 Å². The molecule has 306 valence electrons. The van der Waals surface area contributed by atoms with E-state index in [2.05, 4.69) is 6.92 Å². The van der Waals surface area contributed by atoms with E-state index in [1.54, 1.807) is 18.2 Å². The Bertz CT molecular complexity index is 1210. The Morgan fingerprint density at radius 1 is 0.519 bits per heavy atom. The minimum Gasteiger partial charge on any atom is -0.493 e. The van der Waals surface area contributed by atoms with Gasteiger partial charge in [-0.15, -0.1) is 0 Å². The molecule has 0 N–H and O–H groups in total. The highest BCUT2D eigenvalue weighted by Crippen LogP contribution is 2.64. The number of aryl methyl sites for hydroxylation is 1. The molecule has 52 heavy (non-hydrogen) atoms. The van der Waals surface area contributed by atoms with Crippen LogP contribution >= 0.6 is 11.8 Å². The molecule has 0 unspecified atom stereocenters. The van der Waals surface area contributed by atoms with Gasteiger partial charge in [-0.05, 0) is 48.5 Å². The van der Waals surface area contributed by atoms with Crippen molar-refractivity contribution >= 4 is 11.8 Å². The van der Waals surface area contributed by atoms with Crippen molar-refractivity contribution in [2.75, 3.05) is 25.2 Å². The fourth-order valence-corrected chi connectivity index (χ4v) is 5.75. The molecule has 0 spiro atoms. The highest BCUT2D eigenvalue weighted by molar-refractivity contribution is 7.99. The van der Waals surface area contributed by atoms with E-state index in [4.69, 9.17) is 9.47 Å². The molecule has 0 amide bonds. The molecule has 0 aromatic heterocycles. The van der Waals surface area contributed by atoms with Crippen LogP contribution in [0.3, 0.4) is 0 Å². The number of ether oxygens (including phenoxy) is 2. The summed E-state index contributed by atoms with van der Waals surface area (Å²) in [6.45, 7) is 2.59. The quantitative estimate of drug-likeness (QED) is 0.0686. The monoisotopic (exact) mass is 812 g/mol. The molecule has 0 bridgehead atoms. The van der Waals surface area contributed by atoms with Gasteiger partial charge in [0.05, 0.1) is 13.7 Å². The van der Waals surface area contributed by atoms with Crippen molar-refractivity contribution in [1.82, 2.24) is 0 Å². The number of thioether (sulfide) groups is 1. The summed E-state index contributed by atoms with van der Waals surface area (Å²) in [5, 5.41) is 0. The van der Waals surface area contributed by atoms with Gasteiger partial charge in [-0.1, -0.05) is 70.8 Å². The Morgan fingerprint density at radius 2 is 0.981 bits per heavy atom. The summed E-state index contributed by atoms with van der Waals surface area (Å²) >= 11 is 0.393. The summed E-state index contributed by atoms with van der Waals surface area (Å²) in [5.74, 6) is -56.6. The van der Waals surface area contributed by atoms with Crippen molar-refractivity contribution < 1.29 is 84.1 Å². The predicted molar refractivity (Wildman–Crippen MR) is 161 cm³/mol. The smallest absolute Gasteiger partial charge is 0.460 e. The number of benzene rings is 1. The van der Waals surface area contributed by atoms with E-state index >= 15 is 0 Å². The average Bonchev–Trinajstić information content (AvgIpc) is 3.04. The highest BCUT2D eigenvalue weighted by atomic mass is 32.2. The van der Waals surface area contributed by atoms with E-state index in [0.717, 1.165) is 25.7 Å². The zero-order valence-corrected chi connectivity index (χ0v) is 29.0. The SMILES string of the molecule is CCCCCCCCCCCCOc1ccc(CCCSCCC(F)(F)C(F)(F)C(F)(F)C(F)(F)C(F)(F)C(F)(F)C(F)(F)C(F)(F)F)cc1OC. The zero-order valence-electron chi connectivity index (χ0n) is 28.2. The average molecular weight is 813 g/mol. The number of hydrogen-bond donors (Lipinski definition) is 0. The topological polar surface area (TPSA) is 18.5 Å². The number of hydrogen-bond acceptors (Lipinski definition) is 3. The van der Waals surface area contributed by atoms with Crippen LogP contribution in [-0.4, -0.2) is 72.9 Å². The van der Waals surface area contributed by atoms with Gasteiger partial charge in [-0.3, -0.25) is 0 Å². The molecule has 0 radical (unpaired) electrons. The van der Waals surface area contributed by atoms with Crippen LogP contribution in [0.4, 0.5) is 74.6 Å². The highest BCUT2D eigenvalue weighted by Gasteiger charge is 2.95. The van der Waals surface area contributed by atoms with Crippen molar-refractivity contribution in [2.24, 2.45) is 0 Å². The van der Waals surface area contributed by atoms with Crippen LogP contribution in [-0.2, 0) is 6.42 Å². The second-order valence-corrected chi connectivity index (χ2v) is 13.4. The fraction of sp³-hybridized carbons (Fsp3) is 0.812. The molecule has 0 saturated carbocycles. The summed E-state index contributed by atoms with van der Waals surface area (Å²) in [6.07, 6.45) is 1.50. The van der Waals surface area contributed by atoms with Crippen molar-refractivity contribution in [3.63, 3.8) is 0 Å². The molecule has 0 aliphatic rings. The molecule has 0 atom stereocenters. The molecule has 1 aromatic rings. The third-order valence-electron chi connectivity index (χ3n) is 8.09. The van der Waals surface area contributed by atoms with Gasteiger partial charge in [0.1, 0.15) is 0 Å². The Hall–Kier alpha value is -2.02. The maximum Gasteiger partial charge on any atom is 0.460 e. The van der Waals surface area contributed by atoms with E-state index in [-0.39, 0.29) is 18.6 Å². The Morgan fingerprint density at radius 3 is 1.46 bits per heavy atom. The first-order valence-corrected chi connectivity index (χ1v) is 17.5. The summed E-state index contributed by atoms with van der Waals surface area (Å²) in [7, 11) is 1.38. The maximum absolute atomic E-state index is 14.1. The standard InChI is InChI=1S/C32H41F17O2S/c1-3-4-5-6-7-8-9-10-11-12-18-51-23-16-15-22(21-24(23)50-2)14-13-19-52-20-17-25(33,34)26(35,36)27(37,38)28(39,40)29(41,42)30(43,44)31(45,46)32(47,48)49/h15-16,21H,3-14,17-20H2,1-2H3. The normalized spacial score (nSPS) is 14.2. The number of methoxy groups -OCH3 is 1. The van der Waals surface area contributed by atoms with E-state index < -0.39 is 59.8 Å². The molecule has 0 aliphatic carbocycles. The molecule has 0 saturated heterocycles. The second kappa shape index (κ2) is 19.0. The molecule has 0 fully saturated rings. The lowest BCUT2D eigenvalue weighted by Gasteiger charge is -2.42. The van der Waals surface area contributed by atoms with Gasteiger partial charge < -0.3 is 9.47 Å². The van der Waals surface area contributed by atoms with Gasteiger partial charge in [0.25, 0.3) is 0 Å². The summed E-state index contributed by atoms with van der Waals surface area (Å²) < 4.78 is 239. The van der Waals surface area contributed by atoms with Crippen molar-refractivity contribution in [3.05, 3.63) is 23.8 Å². The van der Waals surface area contributed by atoms with Gasteiger partial charge in [-0.25, -0.2) is 0 Å². The van der Waals surface area contributed by atoms with Gasteiger partial charge in [-0.2, -0.15) is 86.4 Å². The van der Waals surface area contributed by atoms with Gasteiger partial charge in [0.2, 0.25) is 0 Å². The zero-order chi connectivity index (χ0) is 40.3. The van der Waals surface area contributed by atoms with Crippen LogP contribution < -0.4 is 9.47 Å². The first-order valence-electron chi connectivity index (χ1n) is 16.3. The predicted octanol–water partition coefficient (Wildman–Crippen LogP) is 13.1. The van der Waals surface area contributed by atoms with Crippen LogP contribution in [0.1, 0.15) is 89.5 Å². The number of halogens is 17. The Kier molecular flexibility index (Phi) is 17.6. The lowest BCUT2D eigenvalue weighted by Crippen LogP contribution is -2.74. The van der Waals surface area contributed by atoms with E-state index in [9.17, 15) is 74.6 Å². The lowest BCUT2D eigenvalue weighted by molar-refractivity contribution is -0.461. The molecule has 20 heteroatoms. The molecular formula is C32H41F17O2S. The van der Waals surface area contributed by atoms with Crippen LogP contribution in [0.2, 0.25) is 0 Å². The minimum absolute atomic E-state index is 0.135. The van der Waals surface area contributed by atoms with Crippen LogP contribution in [0.25, 0.3) is 0 Å². The van der Waals surface area contributed by atoms with Crippen LogP contribution in [0, 0.1) is 0 Å². The van der Waals surface area contributed by atoms with Crippen molar-refractivity contribution in [2.45, 2.75) is 138 Å². The fourth-order valence-electron chi connectivity index (χ4n) is 4.79. The summed E-state index contributed by atoms with van der Waals surface area (Å²) in [5.41, 5.74) is 0.635. The van der Waals surface area contributed by atoms with Gasteiger partial charge >= 0.3 is 47.6 Å². The Balaban J connectivity index is 2.69. The first-order chi connectivity index (χ1) is 23.7. The van der Waals surface area contributed by atoms with E-state index in [1.807, 2.05) is 0 Å². The Labute approximate surface area is 294 Å². The molecule has 1 rings (SSSR count). The minimum atomic E-state index is -8.61. The third kappa shape index (κ3) is 10.8. The lowest BCUT2D eigenvalue weighted by atomic mass is 9.88. The van der Waals surface area contributed by atoms with Gasteiger partial charge in [0.15, 0.2) is 11.5 Å². The van der Waals surface area contributed by atoms with E-state index in [0.29, 0.717) is 35.4 Å². The van der Waals surface area contributed by atoms with Crippen molar-refractivity contribution in [1.29, 1.82) is 0 Å². The first kappa shape index (κ1) is 48.0. The number of alkyl halides is 17. The summed E-state index contributed by atoms with van der Waals surface area (Å²) in [6, 6.07) is 4.85. The van der Waals surface area contributed by atoms with Crippen LogP contribution in [0.5, 0.6) is 11.5 Å². The summed E-state index contributed by atoms with van der Waals surface area (Å²) in [4.78, 5) is 0. The number of unbranched alkanes of at least 4 members (excludes halogenated alkanes) is 9.